The number of carbonyl (C=O) groups is 1. The van der Waals surface area contributed by atoms with Gasteiger partial charge in [0.25, 0.3) is 0 Å². The van der Waals surface area contributed by atoms with Gasteiger partial charge in [0.15, 0.2) is 6.29 Å². The van der Waals surface area contributed by atoms with Gasteiger partial charge in [-0.25, -0.2) is 0 Å². The lowest BCUT2D eigenvalue weighted by Crippen LogP contribution is -2.61. The molecule has 7 nitrogen and oxygen atoms in total. The van der Waals surface area contributed by atoms with Crippen LogP contribution in [0.25, 0.3) is 0 Å². The number of nitrogens with two attached hydrogens (primary N) is 1. The number of hydrogen-bond acceptors (Lipinski definition) is 6. The number of rotatable bonds is 4. The van der Waals surface area contributed by atoms with E-state index in [1.807, 2.05) is 0 Å². The molecule has 2 heterocycles. The molecule has 2 saturated heterocycles. The standard InChI is InChI=1S/C24H46N2O5/c1-5-17-10-7-11-18(6-2)23(29)26-14-8-9-15(3)19(13-12-17)31-24-22(28)20(25)21(27)16(4)30-24/h15-22,24,27-28H,5-14,25H2,1-4H3,(H,26,29). The van der Waals surface area contributed by atoms with Crippen LogP contribution in [0.4, 0.5) is 0 Å². The first-order valence-corrected chi connectivity index (χ1v) is 12.5. The summed E-state index contributed by atoms with van der Waals surface area (Å²) in [6.07, 6.45) is 5.59. The minimum atomic E-state index is -1.06. The number of carbonyl (C=O) groups excluding carboxylic acids is 1. The Morgan fingerprint density at radius 1 is 1.03 bits per heavy atom. The highest BCUT2D eigenvalue weighted by molar-refractivity contribution is 5.78. The van der Waals surface area contributed by atoms with Crippen LogP contribution >= 0.6 is 0 Å². The number of aliphatic hydroxyl groups excluding tert-OH is 2. The van der Waals surface area contributed by atoms with E-state index in [0.29, 0.717) is 12.5 Å². The van der Waals surface area contributed by atoms with E-state index in [1.54, 1.807) is 6.92 Å². The first-order chi connectivity index (χ1) is 14.8. The van der Waals surface area contributed by atoms with Crippen molar-refractivity contribution in [2.45, 2.75) is 122 Å². The van der Waals surface area contributed by atoms with E-state index < -0.39 is 30.6 Å². The Morgan fingerprint density at radius 3 is 2.45 bits per heavy atom. The molecule has 0 bridgehead atoms. The summed E-state index contributed by atoms with van der Waals surface area (Å²) < 4.78 is 12.1. The summed E-state index contributed by atoms with van der Waals surface area (Å²) in [6.45, 7) is 8.93. The second-order valence-corrected chi connectivity index (χ2v) is 9.74. The van der Waals surface area contributed by atoms with Gasteiger partial charge in [-0.3, -0.25) is 4.79 Å². The number of nitrogens with one attached hydrogen (secondary N) is 1. The van der Waals surface area contributed by atoms with Crippen LogP contribution in [0.1, 0.15) is 85.5 Å². The van der Waals surface area contributed by atoms with E-state index in [0.717, 1.165) is 57.8 Å². The molecule has 31 heavy (non-hydrogen) atoms. The third kappa shape index (κ3) is 7.67. The molecule has 0 aromatic rings. The fourth-order valence-corrected chi connectivity index (χ4v) is 4.93. The van der Waals surface area contributed by atoms with Crippen LogP contribution in [-0.4, -0.2) is 59.4 Å². The largest absolute Gasteiger partial charge is 0.389 e. The Morgan fingerprint density at radius 2 is 1.77 bits per heavy atom. The third-order valence-electron chi connectivity index (χ3n) is 7.44. The van der Waals surface area contributed by atoms with E-state index in [-0.39, 0.29) is 23.8 Å². The molecule has 7 heteroatoms. The summed E-state index contributed by atoms with van der Waals surface area (Å²) in [4.78, 5) is 12.5. The molecule has 9 atom stereocenters. The molecule has 2 rings (SSSR count). The average molecular weight is 443 g/mol. The first kappa shape index (κ1) is 26.5. The van der Waals surface area contributed by atoms with Crippen molar-refractivity contribution in [3.63, 3.8) is 0 Å². The van der Waals surface area contributed by atoms with E-state index in [1.165, 1.54) is 0 Å². The zero-order valence-electron chi connectivity index (χ0n) is 20.0. The van der Waals surface area contributed by atoms with Gasteiger partial charge in [-0.15, -0.1) is 0 Å². The summed E-state index contributed by atoms with van der Waals surface area (Å²) in [5.41, 5.74) is 5.99. The summed E-state index contributed by atoms with van der Waals surface area (Å²) in [6, 6.07) is -0.785. The molecule has 2 aliphatic heterocycles. The number of amides is 1. The monoisotopic (exact) mass is 442 g/mol. The average Bonchev–Trinajstić information content (AvgIpc) is 2.76. The van der Waals surface area contributed by atoms with E-state index in [2.05, 4.69) is 26.1 Å². The van der Waals surface area contributed by atoms with Gasteiger partial charge in [0, 0.05) is 12.5 Å². The van der Waals surface area contributed by atoms with Gasteiger partial charge in [0.05, 0.1) is 24.4 Å². The lowest BCUT2D eigenvalue weighted by Gasteiger charge is -2.42. The molecule has 0 aromatic heterocycles. The van der Waals surface area contributed by atoms with Crippen LogP contribution < -0.4 is 11.1 Å². The Hall–Kier alpha value is -0.730. The van der Waals surface area contributed by atoms with Crippen LogP contribution in [0.2, 0.25) is 0 Å². The van der Waals surface area contributed by atoms with Gasteiger partial charge in [0.2, 0.25) is 5.91 Å². The van der Waals surface area contributed by atoms with Gasteiger partial charge in [-0.2, -0.15) is 0 Å². The molecule has 0 spiro atoms. The van der Waals surface area contributed by atoms with Crippen molar-refractivity contribution in [1.82, 2.24) is 5.32 Å². The van der Waals surface area contributed by atoms with E-state index >= 15 is 0 Å². The van der Waals surface area contributed by atoms with Crippen molar-refractivity contribution in [1.29, 1.82) is 0 Å². The predicted molar refractivity (Wildman–Crippen MR) is 121 cm³/mol. The molecule has 1 amide bonds. The number of ether oxygens (including phenoxy) is 2. The maximum absolute atomic E-state index is 12.5. The van der Waals surface area contributed by atoms with Crippen LogP contribution in [0.5, 0.6) is 0 Å². The molecular formula is C24H46N2O5. The molecule has 182 valence electrons. The van der Waals surface area contributed by atoms with Gasteiger partial charge >= 0.3 is 0 Å². The lowest BCUT2D eigenvalue weighted by atomic mass is 9.86. The minimum Gasteiger partial charge on any atom is -0.389 e. The molecule has 9 unspecified atom stereocenters. The van der Waals surface area contributed by atoms with Crippen LogP contribution in [-0.2, 0) is 14.3 Å². The molecule has 0 aromatic carbocycles. The van der Waals surface area contributed by atoms with Gasteiger partial charge < -0.3 is 30.7 Å². The normalized spacial score (nSPS) is 41.9. The summed E-state index contributed by atoms with van der Waals surface area (Å²) >= 11 is 0. The van der Waals surface area contributed by atoms with E-state index in [4.69, 9.17) is 15.2 Å². The molecule has 0 radical (unpaired) electrons. The summed E-state index contributed by atoms with van der Waals surface area (Å²) in [5.74, 6) is 1.17. The molecule has 2 fully saturated rings. The van der Waals surface area contributed by atoms with Gasteiger partial charge in [0.1, 0.15) is 6.10 Å². The fraction of sp³-hybridized carbons (Fsp3) is 0.958. The lowest BCUT2D eigenvalue weighted by molar-refractivity contribution is -0.286. The molecule has 0 aliphatic carbocycles. The molecule has 0 saturated carbocycles. The molecular weight excluding hydrogens is 396 g/mol. The van der Waals surface area contributed by atoms with Crippen molar-refractivity contribution < 1.29 is 24.5 Å². The van der Waals surface area contributed by atoms with Gasteiger partial charge in [-0.1, -0.05) is 40.0 Å². The summed E-state index contributed by atoms with van der Waals surface area (Å²) in [7, 11) is 0. The maximum atomic E-state index is 12.5. The predicted octanol–water partition coefficient (Wildman–Crippen LogP) is 2.71. The second kappa shape index (κ2) is 13.1. The van der Waals surface area contributed by atoms with Crippen molar-refractivity contribution in [3.05, 3.63) is 0 Å². The Balaban J connectivity index is 2.05. The Kier molecular flexibility index (Phi) is 11.2. The highest BCUT2D eigenvalue weighted by Gasteiger charge is 2.42. The zero-order chi connectivity index (χ0) is 23.0. The summed E-state index contributed by atoms with van der Waals surface area (Å²) in [5, 5.41) is 23.7. The topological polar surface area (TPSA) is 114 Å². The Labute approximate surface area is 188 Å². The zero-order valence-corrected chi connectivity index (χ0v) is 20.0. The van der Waals surface area contributed by atoms with Gasteiger partial charge in [-0.05, 0) is 57.3 Å². The third-order valence-corrected chi connectivity index (χ3v) is 7.44. The van der Waals surface area contributed by atoms with Crippen molar-refractivity contribution in [2.24, 2.45) is 23.5 Å². The van der Waals surface area contributed by atoms with Crippen LogP contribution in [0.15, 0.2) is 0 Å². The second-order valence-electron chi connectivity index (χ2n) is 9.74. The smallest absolute Gasteiger partial charge is 0.223 e. The van der Waals surface area contributed by atoms with Crippen molar-refractivity contribution in [3.8, 4) is 0 Å². The van der Waals surface area contributed by atoms with Crippen LogP contribution in [0.3, 0.4) is 0 Å². The number of aliphatic hydroxyl groups is 2. The highest BCUT2D eigenvalue weighted by Crippen LogP contribution is 2.30. The minimum absolute atomic E-state index is 0.0645. The quantitative estimate of drug-likeness (QED) is 0.532. The molecule has 2 aliphatic rings. The first-order valence-electron chi connectivity index (χ1n) is 12.5. The van der Waals surface area contributed by atoms with E-state index in [9.17, 15) is 15.0 Å². The molecule has 5 N–H and O–H groups in total. The highest BCUT2D eigenvalue weighted by atomic mass is 16.7. The van der Waals surface area contributed by atoms with Crippen molar-refractivity contribution in [2.75, 3.05) is 6.54 Å². The van der Waals surface area contributed by atoms with Crippen LogP contribution in [0, 0.1) is 17.8 Å². The number of hydrogen-bond donors (Lipinski definition) is 4. The Bertz CT molecular complexity index is 534. The fourth-order valence-electron chi connectivity index (χ4n) is 4.93. The maximum Gasteiger partial charge on any atom is 0.223 e. The van der Waals surface area contributed by atoms with Crippen molar-refractivity contribution >= 4 is 5.91 Å². The SMILES string of the molecule is CCC1CCCC(CC)C(=O)NCCCC(C)C(OC2OC(C)C(O)C(N)C2O)CC1.